The van der Waals surface area contributed by atoms with Crippen LogP contribution in [0.15, 0.2) is 79.1 Å². The van der Waals surface area contributed by atoms with Crippen molar-refractivity contribution in [2.24, 2.45) is 0 Å². The number of hydrogen-bond acceptors (Lipinski definition) is 5. The summed E-state index contributed by atoms with van der Waals surface area (Å²) < 4.78 is 7.93. The molecule has 3 aromatic carbocycles. The van der Waals surface area contributed by atoms with Gasteiger partial charge >= 0.3 is 0 Å². The van der Waals surface area contributed by atoms with Gasteiger partial charge in [-0.1, -0.05) is 42.5 Å². The van der Waals surface area contributed by atoms with Gasteiger partial charge in [-0.3, -0.25) is 9.20 Å². The van der Waals surface area contributed by atoms with E-state index in [2.05, 4.69) is 20.5 Å². The standard InChI is InChI=1S/C23H17N5O2/c1-15-8-2-3-9-16(15)22(29)25-18-11-5-7-13-20(18)30-23-21-27-24-14-28(21)19-12-6-4-10-17(19)26-23/h2-14H,1H3,(H,25,29). The number of fused-ring (bicyclic) bond motifs is 3. The molecule has 2 heterocycles. The molecule has 146 valence electrons. The van der Waals surface area contributed by atoms with Crippen molar-refractivity contribution in [2.45, 2.75) is 6.92 Å². The Morgan fingerprint density at radius 1 is 0.967 bits per heavy atom. The molecule has 2 aromatic heterocycles. The molecular weight excluding hydrogens is 378 g/mol. The van der Waals surface area contributed by atoms with Crippen LogP contribution in [0.3, 0.4) is 0 Å². The first kappa shape index (κ1) is 17.8. The molecule has 5 aromatic rings. The average Bonchev–Trinajstić information content (AvgIpc) is 3.26. The van der Waals surface area contributed by atoms with Crippen LogP contribution in [0, 0.1) is 6.92 Å². The Hall–Kier alpha value is -4.26. The maximum Gasteiger partial charge on any atom is 0.266 e. The lowest BCUT2D eigenvalue weighted by molar-refractivity contribution is 0.102. The molecule has 0 atom stereocenters. The maximum absolute atomic E-state index is 12.8. The van der Waals surface area contributed by atoms with Gasteiger partial charge in [0, 0.05) is 5.56 Å². The summed E-state index contributed by atoms with van der Waals surface area (Å²) in [5, 5.41) is 11.1. The smallest absolute Gasteiger partial charge is 0.266 e. The quantitative estimate of drug-likeness (QED) is 0.480. The summed E-state index contributed by atoms with van der Waals surface area (Å²) in [6, 6.07) is 22.3. The van der Waals surface area contributed by atoms with Gasteiger partial charge < -0.3 is 10.1 Å². The number of carbonyl (C=O) groups is 1. The molecule has 0 radical (unpaired) electrons. The van der Waals surface area contributed by atoms with Crippen LogP contribution in [0.25, 0.3) is 16.7 Å². The van der Waals surface area contributed by atoms with Crippen molar-refractivity contribution in [3.63, 3.8) is 0 Å². The van der Waals surface area contributed by atoms with E-state index in [9.17, 15) is 4.79 Å². The van der Waals surface area contributed by atoms with E-state index in [1.54, 1.807) is 24.5 Å². The number of aromatic nitrogens is 4. The van der Waals surface area contributed by atoms with E-state index in [-0.39, 0.29) is 5.91 Å². The van der Waals surface area contributed by atoms with Crippen LogP contribution < -0.4 is 10.1 Å². The van der Waals surface area contributed by atoms with E-state index < -0.39 is 0 Å². The van der Waals surface area contributed by atoms with Gasteiger partial charge in [0.1, 0.15) is 6.33 Å². The monoisotopic (exact) mass is 395 g/mol. The van der Waals surface area contributed by atoms with Gasteiger partial charge in [0.05, 0.1) is 16.7 Å². The van der Waals surface area contributed by atoms with Gasteiger partial charge in [-0.05, 0) is 42.8 Å². The lowest BCUT2D eigenvalue weighted by Crippen LogP contribution is -2.13. The van der Waals surface area contributed by atoms with Crippen LogP contribution in [-0.2, 0) is 0 Å². The van der Waals surface area contributed by atoms with Gasteiger partial charge in [0.2, 0.25) is 5.65 Å². The van der Waals surface area contributed by atoms with Crippen molar-refractivity contribution in [2.75, 3.05) is 5.32 Å². The van der Waals surface area contributed by atoms with Crippen molar-refractivity contribution in [1.82, 2.24) is 19.6 Å². The van der Waals surface area contributed by atoms with Crippen molar-refractivity contribution < 1.29 is 9.53 Å². The van der Waals surface area contributed by atoms with Crippen LogP contribution in [0.4, 0.5) is 5.69 Å². The van der Waals surface area contributed by atoms with Gasteiger partial charge in [-0.25, -0.2) is 4.98 Å². The fraction of sp³-hybridized carbons (Fsp3) is 0.0435. The first-order valence-electron chi connectivity index (χ1n) is 9.43. The SMILES string of the molecule is Cc1ccccc1C(=O)Nc1ccccc1Oc1nc2ccccc2n2cnnc12. The molecule has 0 aliphatic carbocycles. The molecule has 0 saturated heterocycles. The summed E-state index contributed by atoms with van der Waals surface area (Å²) in [6.07, 6.45) is 1.62. The van der Waals surface area contributed by atoms with Gasteiger partial charge in [-0.15, -0.1) is 10.2 Å². The zero-order chi connectivity index (χ0) is 20.5. The Labute approximate surface area is 172 Å². The summed E-state index contributed by atoms with van der Waals surface area (Å²) >= 11 is 0. The number of rotatable bonds is 4. The number of aryl methyl sites for hydroxylation is 1. The Balaban J connectivity index is 1.53. The molecule has 1 N–H and O–H groups in total. The number of nitrogens with one attached hydrogen (secondary N) is 1. The Morgan fingerprint density at radius 3 is 2.63 bits per heavy atom. The van der Waals surface area contributed by atoms with Gasteiger partial charge in [-0.2, -0.15) is 0 Å². The molecule has 7 heteroatoms. The first-order valence-corrected chi connectivity index (χ1v) is 9.43. The molecule has 0 bridgehead atoms. The third-order valence-electron chi connectivity index (χ3n) is 4.83. The van der Waals surface area contributed by atoms with Crippen molar-refractivity contribution in [1.29, 1.82) is 0 Å². The van der Waals surface area contributed by atoms with E-state index in [4.69, 9.17) is 4.74 Å². The van der Waals surface area contributed by atoms with Crippen LogP contribution in [0.5, 0.6) is 11.6 Å². The summed E-state index contributed by atoms with van der Waals surface area (Å²) in [7, 11) is 0. The normalized spacial score (nSPS) is 11.0. The largest absolute Gasteiger partial charge is 0.434 e. The molecule has 0 aliphatic heterocycles. The van der Waals surface area contributed by atoms with E-state index in [0.29, 0.717) is 28.5 Å². The lowest BCUT2D eigenvalue weighted by atomic mass is 10.1. The van der Waals surface area contributed by atoms with Crippen molar-refractivity contribution in [3.8, 4) is 11.6 Å². The molecule has 0 fully saturated rings. The van der Waals surface area contributed by atoms with E-state index >= 15 is 0 Å². The Bertz CT molecular complexity index is 1390. The fourth-order valence-electron chi connectivity index (χ4n) is 3.33. The lowest BCUT2D eigenvalue weighted by Gasteiger charge is -2.13. The van der Waals surface area contributed by atoms with Gasteiger partial charge in [0.25, 0.3) is 11.8 Å². The Morgan fingerprint density at radius 2 is 1.73 bits per heavy atom. The minimum absolute atomic E-state index is 0.205. The van der Waals surface area contributed by atoms with Crippen molar-refractivity contribution in [3.05, 3.63) is 90.3 Å². The number of carbonyl (C=O) groups excluding carboxylic acids is 1. The zero-order valence-corrected chi connectivity index (χ0v) is 16.1. The second-order valence-corrected chi connectivity index (χ2v) is 6.80. The van der Waals surface area contributed by atoms with E-state index in [1.807, 2.05) is 65.9 Å². The maximum atomic E-state index is 12.8. The highest BCUT2D eigenvalue weighted by Crippen LogP contribution is 2.32. The molecule has 0 aliphatic rings. The minimum Gasteiger partial charge on any atom is -0.434 e. The number of para-hydroxylation sites is 4. The highest BCUT2D eigenvalue weighted by atomic mass is 16.5. The highest BCUT2D eigenvalue weighted by Gasteiger charge is 2.16. The third kappa shape index (κ3) is 3.12. The highest BCUT2D eigenvalue weighted by molar-refractivity contribution is 6.06. The third-order valence-corrected chi connectivity index (χ3v) is 4.83. The summed E-state index contributed by atoms with van der Waals surface area (Å²) in [5.41, 5.74) is 4.17. The molecule has 7 nitrogen and oxygen atoms in total. The number of benzene rings is 3. The molecule has 0 spiro atoms. The molecule has 30 heavy (non-hydrogen) atoms. The van der Waals surface area contributed by atoms with Crippen LogP contribution in [-0.4, -0.2) is 25.5 Å². The van der Waals surface area contributed by atoms with E-state index in [1.165, 1.54) is 0 Å². The van der Waals surface area contributed by atoms with Gasteiger partial charge in [0.15, 0.2) is 5.75 Å². The summed E-state index contributed by atoms with van der Waals surface area (Å²) in [5.74, 6) is 0.569. The van der Waals surface area contributed by atoms with E-state index in [0.717, 1.165) is 16.6 Å². The Kier molecular flexibility index (Phi) is 4.33. The first-order chi connectivity index (χ1) is 14.7. The molecule has 0 saturated carbocycles. The molecule has 0 unspecified atom stereocenters. The number of nitrogens with zero attached hydrogens (tertiary/aromatic N) is 4. The van der Waals surface area contributed by atoms with Crippen LogP contribution >= 0.6 is 0 Å². The van der Waals surface area contributed by atoms with Crippen LogP contribution in [0.2, 0.25) is 0 Å². The molecular formula is C23H17N5O2. The molecule has 5 rings (SSSR count). The summed E-state index contributed by atoms with van der Waals surface area (Å²) in [6.45, 7) is 1.90. The number of amides is 1. The van der Waals surface area contributed by atoms with Crippen molar-refractivity contribution >= 4 is 28.3 Å². The number of hydrogen-bond donors (Lipinski definition) is 1. The summed E-state index contributed by atoms with van der Waals surface area (Å²) in [4.78, 5) is 17.4. The van der Waals surface area contributed by atoms with Crippen LogP contribution in [0.1, 0.15) is 15.9 Å². The predicted molar refractivity (Wildman–Crippen MR) is 114 cm³/mol. The second-order valence-electron chi connectivity index (χ2n) is 6.80. The number of ether oxygens (including phenoxy) is 1. The minimum atomic E-state index is -0.205. The molecule has 1 amide bonds. The second kappa shape index (κ2) is 7.29. The number of anilines is 1. The zero-order valence-electron chi connectivity index (χ0n) is 16.1. The fourth-order valence-corrected chi connectivity index (χ4v) is 3.33. The topological polar surface area (TPSA) is 81.4 Å². The predicted octanol–water partition coefficient (Wildman–Crippen LogP) is 4.63. The average molecular weight is 395 g/mol.